The zero-order chi connectivity index (χ0) is 25.8. The first-order chi connectivity index (χ1) is 16.1. The zero-order valence-electron chi connectivity index (χ0n) is 23.4. The molecule has 0 aliphatic heterocycles. The zero-order valence-corrected chi connectivity index (χ0v) is 23.4. The summed E-state index contributed by atoms with van der Waals surface area (Å²) in [5.41, 5.74) is 0.590. The molecule has 0 spiro atoms. The molecule has 196 valence electrons. The van der Waals surface area contributed by atoms with Gasteiger partial charge in [-0.1, -0.05) is 47.1 Å². The third-order valence-electron chi connectivity index (χ3n) is 13.2. The Hall–Kier alpha value is -1.16. The number of rotatable bonds is 1. The van der Waals surface area contributed by atoms with Gasteiger partial charge < -0.3 is 9.84 Å². The SMILES string of the molecule is COC(=O)[C@@]1(C)CC[C@]2(C)CC[C@]3(C)C(=CC(=O)C4[C@@]5(C)CC[C@H](O)C(C)(C)C5CC[C@]43C)C2C1. The van der Waals surface area contributed by atoms with E-state index in [0.717, 1.165) is 57.8 Å². The molecule has 0 aromatic rings. The fourth-order valence-corrected chi connectivity index (χ4v) is 10.6. The minimum atomic E-state index is -0.480. The number of fused-ring (bicyclic) bond motifs is 7. The van der Waals surface area contributed by atoms with Gasteiger partial charge in [0.1, 0.15) is 0 Å². The third kappa shape index (κ3) is 3.07. The topological polar surface area (TPSA) is 63.6 Å². The number of methoxy groups -OCH3 is 1. The smallest absolute Gasteiger partial charge is 0.311 e. The molecule has 1 N–H and O–H groups in total. The lowest BCUT2D eigenvalue weighted by Crippen LogP contribution is -2.66. The molecule has 0 radical (unpaired) electrons. The summed E-state index contributed by atoms with van der Waals surface area (Å²) in [5, 5.41) is 10.9. The van der Waals surface area contributed by atoms with Crippen molar-refractivity contribution in [1.82, 2.24) is 0 Å². The number of ketones is 1. The number of ether oxygens (including phenoxy) is 1. The Kier molecular flexibility index (Phi) is 5.43. The quantitative estimate of drug-likeness (QED) is 0.431. The van der Waals surface area contributed by atoms with E-state index in [4.69, 9.17) is 4.74 Å². The number of esters is 1. The normalized spacial score (nSPS) is 52.8. The van der Waals surface area contributed by atoms with Gasteiger partial charge in [0.05, 0.1) is 18.6 Å². The summed E-state index contributed by atoms with van der Waals surface area (Å²) in [6.45, 7) is 16.2. The van der Waals surface area contributed by atoms with Crippen LogP contribution in [0.2, 0.25) is 0 Å². The molecule has 5 rings (SSSR count). The van der Waals surface area contributed by atoms with Crippen LogP contribution in [-0.2, 0) is 14.3 Å². The molecule has 4 fully saturated rings. The second-order valence-corrected chi connectivity index (χ2v) is 15.1. The van der Waals surface area contributed by atoms with Crippen molar-refractivity contribution >= 4 is 11.8 Å². The number of carbonyl (C=O) groups excluding carboxylic acids is 2. The summed E-state index contributed by atoms with van der Waals surface area (Å²) in [6.07, 6.45) is 10.5. The van der Waals surface area contributed by atoms with Gasteiger partial charge >= 0.3 is 5.97 Å². The molecule has 35 heavy (non-hydrogen) atoms. The predicted molar refractivity (Wildman–Crippen MR) is 137 cm³/mol. The number of hydrogen-bond donors (Lipinski definition) is 1. The van der Waals surface area contributed by atoms with Gasteiger partial charge in [-0.25, -0.2) is 0 Å². The van der Waals surface area contributed by atoms with Gasteiger partial charge in [-0.15, -0.1) is 0 Å². The van der Waals surface area contributed by atoms with Gasteiger partial charge in [-0.05, 0) is 110 Å². The van der Waals surface area contributed by atoms with E-state index in [0.29, 0.717) is 11.7 Å². The molecule has 4 saturated carbocycles. The van der Waals surface area contributed by atoms with E-state index in [1.165, 1.54) is 12.7 Å². The number of aliphatic hydroxyl groups is 1. The minimum absolute atomic E-state index is 0.00536. The highest BCUT2D eigenvalue weighted by Crippen LogP contribution is 2.75. The fraction of sp³-hybridized carbons (Fsp3) is 0.871. The van der Waals surface area contributed by atoms with Crippen LogP contribution in [0.4, 0.5) is 0 Å². The maximum absolute atomic E-state index is 14.3. The molecule has 5 aliphatic carbocycles. The minimum Gasteiger partial charge on any atom is -0.469 e. The van der Waals surface area contributed by atoms with E-state index in [-0.39, 0.29) is 51.0 Å². The summed E-state index contributed by atoms with van der Waals surface area (Å²) in [7, 11) is 1.50. The van der Waals surface area contributed by atoms with Crippen LogP contribution in [0.25, 0.3) is 0 Å². The Morgan fingerprint density at radius 3 is 2.26 bits per heavy atom. The first-order valence-electron chi connectivity index (χ1n) is 14.1. The standard InChI is InChI=1S/C31H48O4/c1-26(2)22-9-12-31(7)24(29(22,5)11-10-23(26)33)21(32)17-19-20-18-28(4,25(34)35-8)14-13-27(20,3)15-16-30(19,31)6/h17,20,22-24,33H,9-16,18H2,1-8H3/t20?,22?,23-,24?,27+,28-,29-,30+,31+/m0/s1. The highest BCUT2D eigenvalue weighted by molar-refractivity contribution is 5.95. The van der Waals surface area contributed by atoms with Crippen molar-refractivity contribution in [2.24, 2.45) is 50.2 Å². The molecule has 0 amide bonds. The van der Waals surface area contributed by atoms with E-state index >= 15 is 0 Å². The van der Waals surface area contributed by atoms with E-state index in [1.54, 1.807) is 0 Å². The molecule has 4 heteroatoms. The molecule has 3 unspecified atom stereocenters. The Balaban J connectivity index is 1.61. The number of aliphatic hydroxyl groups excluding tert-OH is 1. The Bertz CT molecular complexity index is 980. The molecular weight excluding hydrogens is 436 g/mol. The summed E-state index contributed by atoms with van der Waals surface area (Å²) >= 11 is 0. The maximum Gasteiger partial charge on any atom is 0.311 e. The van der Waals surface area contributed by atoms with Crippen LogP contribution in [0.1, 0.15) is 106 Å². The van der Waals surface area contributed by atoms with Crippen molar-refractivity contribution in [1.29, 1.82) is 0 Å². The van der Waals surface area contributed by atoms with Crippen LogP contribution in [0.3, 0.4) is 0 Å². The van der Waals surface area contributed by atoms with Gasteiger partial charge in [0.2, 0.25) is 0 Å². The van der Waals surface area contributed by atoms with Gasteiger partial charge in [0.15, 0.2) is 5.78 Å². The van der Waals surface area contributed by atoms with Gasteiger partial charge in [-0.3, -0.25) is 9.59 Å². The molecule has 0 aromatic carbocycles. The predicted octanol–water partition coefficient (Wildman–Crippen LogP) is 6.50. The molecule has 5 aliphatic rings. The average molecular weight is 485 g/mol. The van der Waals surface area contributed by atoms with E-state index in [9.17, 15) is 14.7 Å². The van der Waals surface area contributed by atoms with Crippen molar-refractivity contribution in [2.45, 2.75) is 112 Å². The van der Waals surface area contributed by atoms with Gasteiger partial charge in [0.25, 0.3) is 0 Å². The Morgan fingerprint density at radius 1 is 0.943 bits per heavy atom. The van der Waals surface area contributed by atoms with E-state index in [2.05, 4.69) is 54.5 Å². The van der Waals surface area contributed by atoms with Crippen molar-refractivity contribution in [3.63, 3.8) is 0 Å². The third-order valence-corrected chi connectivity index (χ3v) is 13.2. The molecule has 0 saturated heterocycles. The first-order valence-corrected chi connectivity index (χ1v) is 14.1. The molecule has 0 aromatic heterocycles. The van der Waals surface area contributed by atoms with Crippen LogP contribution in [-0.4, -0.2) is 30.1 Å². The summed E-state index contributed by atoms with van der Waals surface area (Å²) in [4.78, 5) is 27.1. The Morgan fingerprint density at radius 2 is 1.60 bits per heavy atom. The first kappa shape index (κ1) is 25.5. The lowest BCUT2D eigenvalue weighted by Gasteiger charge is -2.70. The highest BCUT2D eigenvalue weighted by Gasteiger charge is 2.70. The summed E-state index contributed by atoms with van der Waals surface area (Å²) < 4.78 is 5.25. The molecule has 0 bridgehead atoms. The van der Waals surface area contributed by atoms with Crippen LogP contribution in [0, 0.1) is 50.2 Å². The highest BCUT2D eigenvalue weighted by atomic mass is 16.5. The van der Waals surface area contributed by atoms with E-state index < -0.39 is 5.41 Å². The lowest BCUT2D eigenvalue weighted by atomic mass is 9.33. The lowest BCUT2D eigenvalue weighted by molar-refractivity contribution is -0.202. The van der Waals surface area contributed by atoms with Crippen molar-refractivity contribution in [3.8, 4) is 0 Å². The van der Waals surface area contributed by atoms with Crippen LogP contribution in [0.15, 0.2) is 11.6 Å². The number of allylic oxidation sites excluding steroid dienone is 2. The Labute approximate surface area is 212 Å². The second-order valence-electron chi connectivity index (χ2n) is 15.1. The number of hydrogen-bond acceptors (Lipinski definition) is 4. The fourth-order valence-electron chi connectivity index (χ4n) is 10.6. The van der Waals surface area contributed by atoms with Gasteiger partial charge in [0, 0.05) is 5.92 Å². The van der Waals surface area contributed by atoms with Crippen LogP contribution in [0.5, 0.6) is 0 Å². The van der Waals surface area contributed by atoms with Crippen LogP contribution >= 0.6 is 0 Å². The van der Waals surface area contributed by atoms with Crippen molar-refractivity contribution < 1.29 is 19.4 Å². The largest absolute Gasteiger partial charge is 0.469 e. The molecular formula is C31H48O4. The average Bonchev–Trinajstić information content (AvgIpc) is 2.78. The van der Waals surface area contributed by atoms with Crippen molar-refractivity contribution in [3.05, 3.63) is 11.6 Å². The van der Waals surface area contributed by atoms with E-state index in [1.807, 2.05) is 0 Å². The molecule has 4 nitrogen and oxygen atoms in total. The van der Waals surface area contributed by atoms with Crippen LogP contribution < -0.4 is 0 Å². The summed E-state index contributed by atoms with van der Waals surface area (Å²) in [5.74, 6) is 0.805. The van der Waals surface area contributed by atoms with Gasteiger partial charge in [-0.2, -0.15) is 0 Å². The van der Waals surface area contributed by atoms with Crippen molar-refractivity contribution in [2.75, 3.05) is 7.11 Å². The molecule has 0 heterocycles. The summed E-state index contributed by atoms with van der Waals surface area (Å²) in [6, 6.07) is 0. The number of carbonyl (C=O) groups is 2. The maximum atomic E-state index is 14.3. The monoisotopic (exact) mass is 484 g/mol. The molecule has 9 atom stereocenters. The second kappa shape index (κ2) is 7.45.